The van der Waals surface area contributed by atoms with E-state index in [0.29, 0.717) is 11.9 Å². The molecule has 0 spiro atoms. The van der Waals surface area contributed by atoms with Gasteiger partial charge in [0.2, 0.25) is 0 Å². The molecule has 4 N–H and O–H groups in total. The molecule has 0 saturated carbocycles. The minimum atomic E-state index is 0.296. The summed E-state index contributed by atoms with van der Waals surface area (Å²) in [6.45, 7) is 4.00. The number of aryl methyl sites for hydroxylation is 1. The first-order valence-corrected chi connectivity index (χ1v) is 9.42. The first-order chi connectivity index (χ1) is 11.6. The van der Waals surface area contributed by atoms with E-state index in [1.807, 2.05) is 6.07 Å². The van der Waals surface area contributed by atoms with Crippen molar-refractivity contribution in [3.05, 3.63) is 41.5 Å². The molecule has 0 aliphatic carbocycles. The third-order valence-electron chi connectivity index (χ3n) is 4.30. The van der Waals surface area contributed by atoms with Crippen LogP contribution >= 0.6 is 11.8 Å². The molecule has 0 unspecified atom stereocenters. The molecular weight excluding hydrogens is 318 g/mol. The Labute approximate surface area is 147 Å². The molecule has 5 nitrogen and oxygen atoms in total. The second kappa shape index (κ2) is 7.85. The van der Waals surface area contributed by atoms with Gasteiger partial charge in [-0.15, -0.1) is 0 Å². The summed E-state index contributed by atoms with van der Waals surface area (Å²) in [5.41, 5.74) is 14.6. The molecule has 1 fully saturated rings. The Kier molecular flexibility index (Phi) is 5.58. The third kappa shape index (κ3) is 4.61. The van der Waals surface area contributed by atoms with E-state index in [1.165, 1.54) is 11.1 Å². The summed E-state index contributed by atoms with van der Waals surface area (Å²) in [5, 5.41) is 0.735. The van der Waals surface area contributed by atoms with Crippen LogP contribution in [-0.4, -0.2) is 29.1 Å². The van der Waals surface area contributed by atoms with E-state index in [2.05, 4.69) is 41.1 Å². The lowest BCUT2D eigenvalue weighted by Gasteiger charge is -2.22. The normalized spacial score (nSPS) is 18.4. The Morgan fingerprint density at radius 1 is 1.17 bits per heavy atom. The summed E-state index contributed by atoms with van der Waals surface area (Å²) in [6.07, 6.45) is 3.17. The molecule has 1 saturated heterocycles. The van der Waals surface area contributed by atoms with Gasteiger partial charge in [-0.25, -0.2) is 9.97 Å². The van der Waals surface area contributed by atoms with Crippen LogP contribution < -0.4 is 16.4 Å². The molecule has 2 aromatic rings. The largest absolute Gasteiger partial charge is 0.383 e. The second-order valence-corrected chi connectivity index (χ2v) is 7.33. The van der Waals surface area contributed by atoms with Gasteiger partial charge in [0.15, 0.2) is 5.16 Å². The van der Waals surface area contributed by atoms with Gasteiger partial charge in [0.1, 0.15) is 11.6 Å². The van der Waals surface area contributed by atoms with Crippen molar-refractivity contribution < 1.29 is 0 Å². The molecule has 0 bridgehead atoms. The van der Waals surface area contributed by atoms with E-state index in [1.54, 1.807) is 11.8 Å². The van der Waals surface area contributed by atoms with Gasteiger partial charge < -0.3 is 16.4 Å². The number of nitrogens with two attached hydrogens (primary N) is 2. The van der Waals surface area contributed by atoms with Crippen LogP contribution in [0.15, 0.2) is 35.5 Å². The average Bonchev–Trinajstić information content (AvgIpc) is 2.78. The van der Waals surface area contributed by atoms with Gasteiger partial charge in [-0.2, -0.15) is 0 Å². The Balaban J connectivity index is 1.70. The highest BCUT2D eigenvalue weighted by Crippen LogP contribution is 2.25. The third-order valence-corrected chi connectivity index (χ3v) is 5.22. The van der Waals surface area contributed by atoms with Crippen molar-refractivity contribution >= 4 is 23.4 Å². The van der Waals surface area contributed by atoms with Crippen molar-refractivity contribution in [1.29, 1.82) is 0 Å². The van der Waals surface area contributed by atoms with E-state index < -0.39 is 0 Å². The number of rotatable bonds is 4. The van der Waals surface area contributed by atoms with Gasteiger partial charge in [-0.05, 0) is 31.7 Å². The summed E-state index contributed by atoms with van der Waals surface area (Å²) in [4.78, 5) is 11.4. The maximum absolute atomic E-state index is 6.07. The number of benzene rings is 1. The van der Waals surface area contributed by atoms with Crippen molar-refractivity contribution in [3.63, 3.8) is 0 Å². The number of nitrogens with zero attached hydrogens (tertiary/aromatic N) is 3. The summed E-state index contributed by atoms with van der Waals surface area (Å²) in [6, 6.07) is 10.7. The number of thioether (sulfide) groups is 1. The molecule has 3 rings (SSSR count). The van der Waals surface area contributed by atoms with Crippen molar-refractivity contribution in [2.24, 2.45) is 5.73 Å². The Morgan fingerprint density at radius 2 is 1.96 bits per heavy atom. The van der Waals surface area contributed by atoms with Crippen LogP contribution in [0.4, 0.5) is 11.6 Å². The minimum Gasteiger partial charge on any atom is -0.383 e. The van der Waals surface area contributed by atoms with Gasteiger partial charge in [0, 0.05) is 31.0 Å². The number of hydrogen-bond donors (Lipinski definition) is 2. The van der Waals surface area contributed by atoms with E-state index in [9.17, 15) is 0 Å². The lowest BCUT2D eigenvalue weighted by Crippen LogP contribution is -2.27. The van der Waals surface area contributed by atoms with Gasteiger partial charge in [-0.1, -0.05) is 41.6 Å². The fourth-order valence-corrected chi connectivity index (χ4v) is 3.66. The highest BCUT2D eigenvalue weighted by Gasteiger charge is 2.16. The van der Waals surface area contributed by atoms with Crippen LogP contribution in [0.2, 0.25) is 0 Å². The molecule has 24 heavy (non-hydrogen) atoms. The summed E-state index contributed by atoms with van der Waals surface area (Å²) < 4.78 is 0. The highest BCUT2D eigenvalue weighted by atomic mass is 32.2. The van der Waals surface area contributed by atoms with E-state index >= 15 is 0 Å². The zero-order chi connectivity index (χ0) is 16.9. The lowest BCUT2D eigenvalue weighted by atomic mass is 10.1. The standard InChI is InChI=1S/C18H25N5S/c1-13-4-6-14(7-5-13)12-24-18-21-16(20)11-17(22-18)23-9-2-3-15(19)8-10-23/h4-7,11,15H,2-3,8-10,12,19H2,1H3,(H2,20,21,22)/t15-/m1/s1. The number of hydrogen-bond acceptors (Lipinski definition) is 6. The predicted molar refractivity (Wildman–Crippen MR) is 101 cm³/mol. The summed E-state index contributed by atoms with van der Waals surface area (Å²) >= 11 is 1.62. The first-order valence-electron chi connectivity index (χ1n) is 8.43. The summed E-state index contributed by atoms with van der Waals surface area (Å²) in [5.74, 6) is 2.29. The van der Waals surface area contributed by atoms with Crippen LogP contribution in [0.3, 0.4) is 0 Å². The predicted octanol–water partition coefficient (Wildman–Crippen LogP) is 2.98. The van der Waals surface area contributed by atoms with Crippen LogP contribution in [-0.2, 0) is 5.75 Å². The van der Waals surface area contributed by atoms with Gasteiger partial charge in [0.25, 0.3) is 0 Å². The number of nitrogen functional groups attached to an aromatic ring is 1. The SMILES string of the molecule is Cc1ccc(CSc2nc(N)cc(N3CCC[C@@H](N)CC3)n2)cc1. The van der Waals surface area contributed by atoms with E-state index in [4.69, 9.17) is 16.5 Å². The number of anilines is 2. The van der Waals surface area contributed by atoms with Gasteiger partial charge in [0.05, 0.1) is 0 Å². The zero-order valence-corrected chi connectivity index (χ0v) is 14.9. The number of aromatic nitrogens is 2. The molecule has 6 heteroatoms. The van der Waals surface area contributed by atoms with Crippen LogP contribution in [0.5, 0.6) is 0 Å². The van der Waals surface area contributed by atoms with Crippen LogP contribution in [0, 0.1) is 6.92 Å². The Morgan fingerprint density at radius 3 is 2.75 bits per heavy atom. The second-order valence-electron chi connectivity index (χ2n) is 6.39. The minimum absolute atomic E-state index is 0.296. The van der Waals surface area contributed by atoms with Gasteiger partial charge >= 0.3 is 0 Å². The fraction of sp³-hybridized carbons (Fsp3) is 0.444. The average molecular weight is 344 g/mol. The monoisotopic (exact) mass is 343 g/mol. The lowest BCUT2D eigenvalue weighted by molar-refractivity contribution is 0.601. The van der Waals surface area contributed by atoms with Crippen LogP contribution in [0.25, 0.3) is 0 Å². The Hall–Kier alpha value is -1.79. The van der Waals surface area contributed by atoms with Crippen molar-refractivity contribution in [2.45, 2.75) is 43.1 Å². The molecule has 0 amide bonds. The van der Waals surface area contributed by atoms with Crippen molar-refractivity contribution in [2.75, 3.05) is 23.7 Å². The van der Waals surface area contributed by atoms with E-state index in [0.717, 1.165) is 49.1 Å². The van der Waals surface area contributed by atoms with Crippen LogP contribution in [0.1, 0.15) is 30.4 Å². The smallest absolute Gasteiger partial charge is 0.191 e. The van der Waals surface area contributed by atoms with Crippen molar-refractivity contribution in [3.8, 4) is 0 Å². The molecular formula is C18H25N5S. The molecule has 128 valence electrons. The zero-order valence-electron chi connectivity index (χ0n) is 14.1. The Bertz CT molecular complexity index is 674. The topological polar surface area (TPSA) is 81.1 Å². The fourth-order valence-electron chi connectivity index (χ4n) is 2.84. The summed E-state index contributed by atoms with van der Waals surface area (Å²) in [7, 11) is 0. The highest BCUT2D eigenvalue weighted by molar-refractivity contribution is 7.98. The molecule has 0 radical (unpaired) electrons. The molecule has 1 aromatic heterocycles. The van der Waals surface area contributed by atoms with Gasteiger partial charge in [-0.3, -0.25) is 0 Å². The van der Waals surface area contributed by atoms with Crippen molar-refractivity contribution in [1.82, 2.24) is 9.97 Å². The molecule has 1 atom stereocenters. The van der Waals surface area contributed by atoms with E-state index in [-0.39, 0.29) is 0 Å². The molecule has 2 heterocycles. The molecule has 1 aromatic carbocycles. The molecule has 1 aliphatic heterocycles. The first kappa shape index (κ1) is 17.0. The maximum atomic E-state index is 6.07. The quantitative estimate of drug-likeness (QED) is 0.656. The molecule has 1 aliphatic rings. The maximum Gasteiger partial charge on any atom is 0.191 e.